The van der Waals surface area contributed by atoms with Crippen molar-refractivity contribution in [1.82, 2.24) is 20.4 Å². The number of likely N-dealkylation sites (N-methyl/N-ethyl adjacent to an activating group) is 1. The predicted molar refractivity (Wildman–Crippen MR) is 155 cm³/mol. The molecule has 3 atom stereocenters. The fourth-order valence-corrected chi connectivity index (χ4v) is 6.00. The molecule has 0 bridgehead atoms. The number of aliphatic hydroxyl groups is 1. The van der Waals surface area contributed by atoms with Gasteiger partial charge in [0, 0.05) is 37.3 Å². The number of hydrogen-bond acceptors (Lipinski definition) is 5. The largest absolute Gasteiger partial charge is 0.487 e. The number of carbonyl (C=O) groups is 3. The SMILES string of the molecule is C[C@H](CO)N1C[C@H](C)[C@@H](CN(C)C(=O)NC2CCCCC2)Oc2ccc(NC(=O)NC3CCCCC3)cc2C1=O. The standard InChI is InChI=1S/C30H47N5O5/c1-20-17-35(21(2)19-36)28(37)25-16-24(32-29(38)31-22-10-6-4-7-11-22)14-15-26(25)40-27(20)18-34(3)30(39)33-23-12-8-5-9-13-23/h14-16,20-23,27,36H,4-13,17-19H2,1-3H3,(H,33,39)(H2,31,32,38)/t20-,21+,27+/m0/s1. The molecule has 0 unspecified atom stereocenters. The molecule has 4 N–H and O–H groups in total. The summed E-state index contributed by atoms with van der Waals surface area (Å²) in [5.41, 5.74) is 0.816. The van der Waals surface area contributed by atoms with Gasteiger partial charge in [-0.3, -0.25) is 4.79 Å². The van der Waals surface area contributed by atoms with Gasteiger partial charge < -0.3 is 35.6 Å². The molecule has 1 heterocycles. The second kappa shape index (κ2) is 14.1. The van der Waals surface area contributed by atoms with Crippen LogP contribution in [-0.4, -0.2) is 83.8 Å². The van der Waals surface area contributed by atoms with Crippen molar-refractivity contribution in [2.45, 2.75) is 102 Å². The fourth-order valence-electron chi connectivity index (χ4n) is 6.00. The fraction of sp³-hybridized carbons (Fsp3) is 0.700. The van der Waals surface area contributed by atoms with Crippen LogP contribution in [0.2, 0.25) is 0 Å². The summed E-state index contributed by atoms with van der Waals surface area (Å²) in [5, 5.41) is 19.0. The molecule has 2 aliphatic carbocycles. The number of nitrogens with zero attached hydrogens (tertiary/aromatic N) is 2. The average molecular weight is 558 g/mol. The summed E-state index contributed by atoms with van der Waals surface area (Å²) in [6, 6.07) is 4.64. The monoisotopic (exact) mass is 557 g/mol. The molecule has 1 aromatic rings. The molecule has 0 spiro atoms. The van der Waals surface area contributed by atoms with Crippen molar-refractivity contribution in [2.24, 2.45) is 5.92 Å². The highest BCUT2D eigenvalue weighted by atomic mass is 16.5. The normalized spacial score (nSPS) is 23.2. The molecule has 1 aromatic carbocycles. The summed E-state index contributed by atoms with van der Waals surface area (Å²) in [7, 11) is 1.77. The molecule has 0 saturated heterocycles. The van der Waals surface area contributed by atoms with Crippen LogP contribution >= 0.6 is 0 Å². The van der Waals surface area contributed by atoms with Crippen LogP contribution in [0.1, 0.15) is 88.4 Å². The Labute approximate surface area is 238 Å². The zero-order chi connectivity index (χ0) is 28.6. The molecule has 3 aliphatic rings. The van der Waals surface area contributed by atoms with Gasteiger partial charge in [0.1, 0.15) is 11.9 Å². The van der Waals surface area contributed by atoms with E-state index in [9.17, 15) is 19.5 Å². The maximum Gasteiger partial charge on any atom is 0.319 e. The summed E-state index contributed by atoms with van der Waals surface area (Å²) < 4.78 is 6.41. The summed E-state index contributed by atoms with van der Waals surface area (Å²) in [4.78, 5) is 42.6. The van der Waals surface area contributed by atoms with E-state index in [1.165, 1.54) is 12.8 Å². The number of amides is 5. The molecule has 40 heavy (non-hydrogen) atoms. The lowest BCUT2D eigenvalue weighted by Crippen LogP contribution is -2.52. The molecular weight excluding hydrogens is 510 g/mol. The first kappa shape index (κ1) is 30.0. The highest BCUT2D eigenvalue weighted by Crippen LogP contribution is 2.31. The Kier molecular flexibility index (Phi) is 10.5. The first-order chi connectivity index (χ1) is 19.2. The molecule has 0 radical (unpaired) electrons. The topological polar surface area (TPSA) is 123 Å². The minimum absolute atomic E-state index is 0.102. The summed E-state index contributed by atoms with van der Waals surface area (Å²) in [6.45, 7) is 4.34. The maximum atomic E-state index is 13.7. The van der Waals surface area contributed by atoms with E-state index >= 15 is 0 Å². The molecule has 222 valence electrons. The minimum atomic E-state index is -0.403. The third-order valence-corrected chi connectivity index (χ3v) is 8.60. The molecule has 4 rings (SSSR count). The van der Waals surface area contributed by atoms with E-state index in [2.05, 4.69) is 16.0 Å². The predicted octanol–water partition coefficient (Wildman–Crippen LogP) is 4.34. The van der Waals surface area contributed by atoms with Crippen molar-refractivity contribution < 1.29 is 24.2 Å². The van der Waals surface area contributed by atoms with Crippen molar-refractivity contribution in [3.05, 3.63) is 23.8 Å². The number of aliphatic hydroxyl groups excluding tert-OH is 1. The van der Waals surface area contributed by atoms with Crippen LogP contribution in [0, 0.1) is 5.92 Å². The van der Waals surface area contributed by atoms with E-state index in [-0.39, 0.29) is 48.7 Å². The zero-order valence-corrected chi connectivity index (χ0v) is 24.3. The molecule has 2 saturated carbocycles. The second-order valence-corrected chi connectivity index (χ2v) is 11.9. The van der Waals surface area contributed by atoms with Gasteiger partial charge in [-0.1, -0.05) is 45.4 Å². The molecule has 10 nitrogen and oxygen atoms in total. The third-order valence-electron chi connectivity index (χ3n) is 8.60. The third kappa shape index (κ3) is 7.80. The van der Waals surface area contributed by atoms with E-state index < -0.39 is 6.04 Å². The van der Waals surface area contributed by atoms with Crippen molar-refractivity contribution in [3.8, 4) is 5.75 Å². The van der Waals surface area contributed by atoms with Gasteiger partial charge >= 0.3 is 12.1 Å². The minimum Gasteiger partial charge on any atom is -0.487 e. The van der Waals surface area contributed by atoms with E-state index in [1.807, 2.05) is 13.8 Å². The van der Waals surface area contributed by atoms with Gasteiger partial charge in [0.05, 0.1) is 24.8 Å². The van der Waals surface area contributed by atoms with Crippen molar-refractivity contribution in [2.75, 3.05) is 32.1 Å². The number of benzene rings is 1. The van der Waals surface area contributed by atoms with Crippen molar-refractivity contribution >= 4 is 23.7 Å². The van der Waals surface area contributed by atoms with Crippen LogP contribution in [-0.2, 0) is 0 Å². The summed E-state index contributed by atoms with van der Waals surface area (Å²) in [6.07, 6.45) is 10.5. The lowest BCUT2D eigenvalue weighted by atomic mass is 9.96. The Balaban J connectivity index is 1.50. The van der Waals surface area contributed by atoms with Crippen LogP contribution in [0.4, 0.5) is 15.3 Å². The molecule has 5 amide bonds. The van der Waals surface area contributed by atoms with Gasteiger partial charge in [-0.05, 0) is 50.8 Å². The van der Waals surface area contributed by atoms with Crippen molar-refractivity contribution in [1.29, 1.82) is 0 Å². The smallest absolute Gasteiger partial charge is 0.319 e. The number of rotatable bonds is 7. The van der Waals surface area contributed by atoms with E-state index in [0.29, 0.717) is 30.1 Å². The molecule has 2 fully saturated rings. The van der Waals surface area contributed by atoms with E-state index in [4.69, 9.17) is 4.74 Å². The Bertz CT molecular complexity index is 1020. The second-order valence-electron chi connectivity index (χ2n) is 11.9. The van der Waals surface area contributed by atoms with Crippen LogP contribution < -0.4 is 20.7 Å². The summed E-state index contributed by atoms with van der Waals surface area (Å²) >= 11 is 0. The Morgan fingerprint density at radius 1 is 1.05 bits per heavy atom. The van der Waals surface area contributed by atoms with Gasteiger partial charge in [0.15, 0.2) is 0 Å². The lowest BCUT2D eigenvalue weighted by molar-refractivity contribution is 0.0366. The number of urea groups is 2. The zero-order valence-electron chi connectivity index (χ0n) is 24.3. The number of anilines is 1. The Morgan fingerprint density at radius 3 is 2.30 bits per heavy atom. The highest BCUT2D eigenvalue weighted by Gasteiger charge is 2.34. The molecular formula is C30H47N5O5. The highest BCUT2D eigenvalue weighted by molar-refractivity contribution is 5.99. The number of ether oxygens (including phenoxy) is 1. The van der Waals surface area contributed by atoms with Crippen LogP contribution in [0.3, 0.4) is 0 Å². The van der Waals surface area contributed by atoms with E-state index in [0.717, 1.165) is 51.4 Å². The van der Waals surface area contributed by atoms with Gasteiger partial charge in [0.2, 0.25) is 0 Å². The first-order valence-electron chi connectivity index (χ1n) is 15.1. The number of carbonyl (C=O) groups excluding carboxylic acids is 3. The van der Waals surface area contributed by atoms with Crippen LogP contribution in [0.5, 0.6) is 5.75 Å². The quantitative estimate of drug-likeness (QED) is 0.397. The number of nitrogens with one attached hydrogen (secondary N) is 3. The maximum absolute atomic E-state index is 13.7. The number of hydrogen-bond donors (Lipinski definition) is 4. The molecule has 10 heteroatoms. The summed E-state index contributed by atoms with van der Waals surface area (Å²) in [5.74, 6) is 0.0349. The van der Waals surface area contributed by atoms with Crippen molar-refractivity contribution in [3.63, 3.8) is 0 Å². The molecule has 1 aliphatic heterocycles. The van der Waals surface area contributed by atoms with Gasteiger partial charge in [0.25, 0.3) is 5.91 Å². The van der Waals surface area contributed by atoms with Gasteiger partial charge in [-0.15, -0.1) is 0 Å². The Hall–Kier alpha value is -3.01. The van der Waals surface area contributed by atoms with E-state index in [1.54, 1.807) is 35.0 Å². The number of fused-ring (bicyclic) bond motifs is 1. The van der Waals surface area contributed by atoms with Crippen LogP contribution in [0.15, 0.2) is 18.2 Å². The Morgan fingerprint density at radius 2 is 1.68 bits per heavy atom. The first-order valence-corrected chi connectivity index (χ1v) is 15.1. The average Bonchev–Trinajstić information content (AvgIpc) is 2.95. The lowest BCUT2D eigenvalue weighted by Gasteiger charge is -2.38. The molecule has 0 aromatic heterocycles. The van der Waals surface area contributed by atoms with Crippen LogP contribution in [0.25, 0.3) is 0 Å². The van der Waals surface area contributed by atoms with Gasteiger partial charge in [-0.2, -0.15) is 0 Å². The van der Waals surface area contributed by atoms with Gasteiger partial charge in [-0.25, -0.2) is 9.59 Å².